The van der Waals surface area contributed by atoms with E-state index in [-0.39, 0.29) is 4.90 Å². The van der Waals surface area contributed by atoms with E-state index < -0.39 is 28.1 Å². The first kappa shape index (κ1) is 17.4. The number of sulfonamides is 1. The first-order valence-electron chi connectivity index (χ1n) is 6.12. The molecule has 0 fully saturated rings. The van der Waals surface area contributed by atoms with Gasteiger partial charge in [0, 0.05) is 0 Å². The molecule has 0 spiro atoms. The van der Waals surface area contributed by atoms with Gasteiger partial charge in [0.2, 0.25) is 10.0 Å². The number of hydrogen-bond acceptors (Lipinski definition) is 5. The van der Waals surface area contributed by atoms with E-state index in [1.165, 1.54) is 19.2 Å². The Balaban J connectivity index is 3.07. The highest BCUT2D eigenvalue weighted by Crippen LogP contribution is 2.26. The number of carbonyl (C=O) groups is 1. The lowest BCUT2D eigenvalue weighted by molar-refractivity contribution is -0.155. The fourth-order valence-corrected chi connectivity index (χ4v) is 3.08. The normalized spacial score (nSPS) is 14.5. The summed E-state index contributed by atoms with van der Waals surface area (Å²) in [5.41, 5.74) is -0.894. The van der Waals surface area contributed by atoms with E-state index >= 15 is 0 Å². The average molecular weight is 317 g/mol. The van der Waals surface area contributed by atoms with E-state index in [2.05, 4.69) is 4.72 Å². The molecular weight excluding hydrogens is 298 g/mol. The van der Waals surface area contributed by atoms with Crippen molar-refractivity contribution >= 4 is 16.0 Å². The van der Waals surface area contributed by atoms with Gasteiger partial charge in [-0.1, -0.05) is 0 Å². The van der Waals surface area contributed by atoms with Gasteiger partial charge >= 0.3 is 5.97 Å². The number of rotatable bonds is 6. The van der Waals surface area contributed by atoms with Crippen LogP contribution < -0.4 is 9.46 Å². The van der Waals surface area contributed by atoms with Crippen molar-refractivity contribution in [2.24, 2.45) is 0 Å². The molecule has 0 saturated carbocycles. The molecule has 0 heterocycles. The summed E-state index contributed by atoms with van der Waals surface area (Å²) in [5, 5.41) is 18.3. The minimum atomic E-state index is -3.93. The third kappa shape index (κ3) is 3.93. The van der Waals surface area contributed by atoms with E-state index in [4.69, 9.17) is 9.84 Å². The van der Waals surface area contributed by atoms with E-state index in [1.54, 1.807) is 13.8 Å². The molecule has 0 radical (unpaired) electrons. The molecule has 118 valence electrons. The number of benzene rings is 1. The summed E-state index contributed by atoms with van der Waals surface area (Å²) in [6.45, 7) is 3.80. The molecule has 3 N–H and O–H groups in total. The predicted octanol–water partition coefficient (Wildman–Crippen LogP) is 0.426. The third-order valence-electron chi connectivity index (χ3n) is 3.02. The Labute approximate surface area is 123 Å². The van der Waals surface area contributed by atoms with Gasteiger partial charge in [0.1, 0.15) is 5.75 Å². The number of carboxylic acid groups (broad SMARTS) is 1. The van der Waals surface area contributed by atoms with Crippen molar-refractivity contribution in [1.29, 1.82) is 0 Å². The van der Waals surface area contributed by atoms with Crippen LogP contribution in [0.2, 0.25) is 0 Å². The molecule has 0 amide bonds. The molecule has 7 nitrogen and oxygen atoms in total. The first-order chi connectivity index (χ1) is 9.51. The average Bonchev–Trinajstić information content (AvgIpc) is 2.36. The van der Waals surface area contributed by atoms with Crippen LogP contribution in [0.3, 0.4) is 0 Å². The van der Waals surface area contributed by atoms with Gasteiger partial charge in [-0.15, -0.1) is 0 Å². The summed E-state index contributed by atoms with van der Waals surface area (Å²) < 4.78 is 31.5. The molecule has 1 unspecified atom stereocenters. The SMILES string of the molecule is COc1c(C)cc(S(=O)(=O)NCC(C)(O)C(=O)O)cc1C. The quantitative estimate of drug-likeness (QED) is 0.701. The number of nitrogens with one attached hydrogen (secondary N) is 1. The smallest absolute Gasteiger partial charge is 0.336 e. The summed E-state index contributed by atoms with van der Waals surface area (Å²) in [6, 6.07) is 2.84. The number of carboxylic acids is 1. The van der Waals surface area contributed by atoms with Gasteiger partial charge in [-0.3, -0.25) is 0 Å². The number of aliphatic carboxylic acids is 1. The predicted molar refractivity (Wildman–Crippen MR) is 75.9 cm³/mol. The summed E-state index contributed by atoms with van der Waals surface area (Å²) in [5.74, 6) is -0.918. The zero-order valence-electron chi connectivity index (χ0n) is 12.3. The van der Waals surface area contributed by atoms with Gasteiger partial charge in [0.15, 0.2) is 5.60 Å². The molecule has 0 aliphatic heterocycles. The Hall–Kier alpha value is -1.64. The van der Waals surface area contributed by atoms with E-state index in [0.29, 0.717) is 16.9 Å². The highest BCUT2D eigenvalue weighted by molar-refractivity contribution is 7.89. The third-order valence-corrected chi connectivity index (χ3v) is 4.40. The maximum Gasteiger partial charge on any atom is 0.336 e. The Morgan fingerprint density at radius 1 is 1.33 bits per heavy atom. The zero-order valence-corrected chi connectivity index (χ0v) is 13.1. The van der Waals surface area contributed by atoms with Crippen molar-refractivity contribution in [3.05, 3.63) is 23.3 Å². The minimum Gasteiger partial charge on any atom is -0.496 e. The molecule has 21 heavy (non-hydrogen) atoms. The highest BCUT2D eigenvalue weighted by atomic mass is 32.2. The summed E-state index contributed by atoms with van der Waals surface area (Å²) in [7, 11) is -2.43. The molecule has 1 aromatic carbocycles. The molecule has 1 atom stereocenters. The molecule has 1 rings (SSSR count). The fraction of sp³-hybridized carbons (Fsp3) is 0.462. The van der Waals surface area contributed by atoms with Crippen LogP contribution >= 0.6 is 0 Å². The van der Waals surface area contributed by atoms with E-state index in [0.717, 1.165) is 6.92 Å². The van der Waals surface area contributed by atoms with Crippen LogP contribution in [0.15, 0.2) is 17.0 Å². The van der Waals surface area contributed by atoms with Crippen molar-refractivity contribution in [2.45, 2.75) is 31.3 Å². The van der Waals surface area contributed by atoms with Crippen molar-refractivity contribution in [2.75, 3.05) is 13.7 Å². The Morgan fingerprint density at radius 3 is 2.19 bits per heavy atom. The van der Waals surface area contributed by atoms with Gasteiger partial charge in [-0.2, -0.15) is 0 Å². The van der Waals surface area contributed by atoms with Crippen molar-refractivity contribution in [3.63, 3.8) is 0 Å². The van der Waals surface area contributed by atoms with Crippen LogP contribution in [-0.2, 0) is 14.8 Å². The van der Waals surface area contributed by atoms with E-state index in [9.17, 15) is 18.3 Å². The van der Waals surface area contributed by atoms with Crippen LogP contribution in [0.5, 0.6) is 5.75 Å². The second-order valence-electron chi connectivity index (χ2n) is 4.99. The number of hydrogen-bond donors (Lipinski definition) is 3. The van der Waals surface area contributed by atoms with Crippen LogP contribution in [-0.4, -0.2) is 43.9 Å². The standard InChI is InChI=1S/C13H19NO6S/c1-8-5-10(6-9(2)11(8)20-4)21(18,19)14-7-13(3,17)12(15)16/h5-6,14,17H,7H2,1-4H3,(H,15,16). The summed E-state index contributed by atoms with van der Waals surface area (Å²) in [4.78, 5) is 10.8. The molecule has 8 heteroatoms. The molecule has 0 saturated heterocycles. The van der Waals surface area contributed by atoms with Gasteiger partial charge in [0.05, 0.1) is 18.6 Å². The minimum absolute atomic E-state index is 0.0144. The Bertz CT molecular complexity index is 628. The van der Waals surface area contributed by atoms with E-state index in [1.807, 2.05) is 0 Å². The summed E-state index contributed by atoms with van der Waals surface area (Å²) >= 11 is 0. The van der Waals surface area contributed by atoms with Crippen LogP contribution in [0.4, 0.5) is 0 Å². The highest BCUT2D eigenvalue weighted by Gasteiger charge is 2.32. The van der Waals surface area contributed by atoms with Gasteiger partial charge < -0.3 is 14.9 Å². The lowest BCUT2D eigenvalue weighted by atomic mass is 10.1. The fourth-order valence-electron chi connectivity index (χ4n) is 1.78. The maximum absolute atomic E-state index is 12.1. The molecule has 0 aliphatic rings. The number of methoxy groups -OCH3 is 1. The van der Waals surface area contributed by atoms with Crippen LogP contribution in [0.1, 0.15) is 18.1 Å². The maximum atomic E-state index is 12.1. The monoisotopic (exact) mass is 317 g/mol. The number of aryl methyl sites for hydroxylation is 2. The largest absolute Gasteiger partial charge is 0.496 e. The zero-order chi connectivity index (χ0) is 16.4. The van der Waals surface area contributed by atoms with Crippen LogP contribution in [0.25, 0.3) is 0 Å². The van der Waals surface area contributed by atoms with Gasteiger partial charge in [-0.25, -0.2) is 17.9 Å². The lowest BCUT2D eigenvalue weighted by Crippen LogP contribution is -2.46. The lowest BCUT2D eigenvalue weighted by Gasteiger charge is -2.19. The van der Waals surface area contributed by atoms with Crippen molar-refractivity contribution < 1.29 is 28.2 Å². The topological polar surface area (TPSA) is 113 Å². The molecular formula is C13H19NO6S. The second kappa shape index (κ2) is 6.00. The number of aliphatic hydroxyl groups is 1. The Kier molecular flexibility index (Phi) is 4.98. The molecule has 0 aromatic heterocycles. The number of ether oxygens (including phenoxy) is 1. The molecule has 0 aliphatic carbocycles. The summed E-state index contributed by atoms with van der Waals surface area (Å²) in [6.07, 6.45) is 0. The molecule has 1 aromatic rings. The second-order valence-corrected chi connectivity index (χ2v) is 6.76. The van der Waals surface area contributed by atoms with Crippen LogP contribution in [0, 0.1) is 13.8 Å². The van der Waals surface area contributed by atoms with Crippen molar-refractivity contribution in [1.82, 2.24) is 4.72 Å². The first-order valence-corrected chi connectivity index (χ1v) is 7.60. The van der Waals surface area contributed by atoms with Gasteiger partial charge in [0.25, 0.3) is 0 Å². The molecule has 0 bridgehead atoms. The van der Waals surface area contributed by atoms with Crippen molar-refractivity contribution in [3.8, 4) is 5.75 Å². The van der Waals surface area contributed by atoms with Gasteiger partial charge in [-0.05, 0) is 44.0 Å². The Morgan fingerprint density at radius 2 is 1.81 bits per heavy atom.